The molecule has 0 aliphatic heterocycles. The molecule has 0 aliphatic rings. The standard InChI is InChI=1S/C17H15ClN2O2/c1-2-3-4-5-16(21)20-14-8-11-17(19-12-14)22-15-9-6-13(18)7-10-15/h2-12H,1H3,(H,20,21)/b3-2+,5-4+. The molecule has 2 rings (SSSR count). The molecule has 1 aromatic heterocycles. The number of halogens is 1. The third kappa shape index (κ3) is 5.07. The Bertz CT molecular complexity index is 677. The van der Waals surface area contributed by atoms with Crippen molar-refractivity contribution in [2.75, 3.05) is 5.32 Å². The van der Waals surface area contributed by atoms with E-state index >= 15 is 0 Å². The van der Waals surface area contributed by atoms with Gasteiger partial charge in [0.2, 0.25) is 11.8 Å². The highest BCUT2D eigenvalue weighted by molar-refractivity contribution is 6.30. The lowest BCUT2D eigenvalue weighted by molar-refractivity contribution is -0.111. The van der Waals surface area contributed by atoms with Crippen LogP contribution in [0.15, 0.2) is 66.9 Å². The molecule has 0 radical (unpaired) electrons. The number of aromatic nitrogens is 1. The Labute approximate surface area is 134 Å². The van der Waals surface area contributed by atoms with Gasteiger partial charge in [-0.3, -0.25) is 4.79 Å². The minimum Gasteiger partial charge on any atom is -0.439 e. The Balaban J connectivity index is 1.95. The first-order valence-electron chi connectivity index (χ1n) is 6.67. The molecular formula is C17H15ClN2O2. The molecule has 0 spiro atoms. The van der Waals surface area contributed by atoms with Crippen molar-refractivity contribution in [2.24, 2.45) is 0 Å². The first-order valence-corrected chi connectivity index (χ1v) is 7.05. The number of rotatable bonds is 5. The quantitative estimate of drug-likeness (QED) is 0.648. The van der Waals surface area contributed by atoms with Gasteiger partial charge >= 0.3 is 0 Å². The number of hydrogen-bond donors (Lipinski definition) is 1. The molecule has 0 saturated heterocycles. The summed E-state index contributed by atoms with van der Waals surface area (Å²) in [6.07, 6.45) is 8.26. The van der Waals surface area contributed by atoms with Crippen molar-refractivity contribution in [3.63, 3.8) is 0 Å². The summed E-state index contributed by atoms with van der Waals surface area (Å²) in [7, 11) is 0. The molecule has 0 bridgehead atoms. The molecule has 22 heavy (non-hydrogen) atoms. The number of nitrogens with one attached hydrogen (secondary N) is 1. The summed E-state index contributed by atoms with van der Waals surface area (Å²) in [6.45, 7) is 1.88. The Morgan fingerprint density at radius 3 is 2.59 bits per heavy atom. The van der Waals surface area contributed by atoms with Crippen molar-refractivity contribution < 1.29 is 9.53 Å². The molecule has 1 heterocycles. The van der Waals surface area contributed by atoms with Crippen LogP contribution < -0.4 is 10.1 Å². The summed E-state index contributed by atoms with van der Waals surface area (Å²) < 4.78 is 5.57. The summed E-state index contributed by atoms with van der Waals surface area (Å²) in [4.78, 5) is 15.7. The number of amides is 1. The Kier molecular flexibility index (Phi) is 5.74. The fraction of sp³-hybridized carbons (Fsp3) is 0.0588. The maximum Gasteiger partial charge on any atom is 0.248 e. The summed E-state index contributed by atoms with van der Waals surface area (Å²) in [5.41, 5.74) is 0.596. The largest absolute Gasteiger partial charge is 0.439 e. The number of allylic oxidation sites excluding steroid dienone is 3. The summed E-state index contributed by atoms with van der Waals surface area (Å²) in [5.74, 6) is 0.860. The SMILES string of the molecule is C/C=C/C=C/C(=O)Nc1ccc(Oc2ccc(Cl)cc2)nc1. The molecule has 1 N–H and O–H groups in total. The Morgan fingerprint density at radius 1 is 1.18 bits per heavy atom. The van der Waals surface area contributed by atoms with Gasteiger partial charge in [-0.15, -0.1) is 0 Å². The number of anilines is 1. The molecule has 0 fully saturated rings. The van der Waals surface area contributed by atoms with Crippen molar-refractivity contribution >= 4 is 23.2 Å². The van der Waals surface area contributed by atoms with E-state index < -0.39 is 0 Å². The average molecular weight is 315 g/mol. The zero-order chi connectivity index (χ0) is 15.8. The molecule has 1 amide bonds. The van der Waals surface area contributed by atoms with Crippen molar-refractivity contribution in [1.29, 1.82) is 0 Å². The van der Waals surface area contributed by atoms with Gasteiger partial charge in [-0.05, 0) is 37.3 Å². The summed E-state index contributed by atoms with van der Waals surface area (Å²) >= 11 is 5.81. The molecule has 1 aromatic carbocycles. The summed E-state index contributed by atoms with van der Waals surface area (Å²) in [5, 5.41) is 3.35. The molecule has 0 aliphatic carbocycles. The van der Waals surface area contributed by atoms with Crippen LogP contribution in [-0.2, 0) is 4.79 Å². The second-order valence-corrected chi connectivity index (χ2v) is 4.75. The van der Waals surface area contributed by atoms with Gasteiger partial charge in [0.15, 0.2) is 0 Å². The number of nitrogens with zero attached hydrogens (tertiary/aromatic N) is 1. The van der Waals surface area contributed by atoms with Crippen LogP contribution in [0.1, 0.15) is 6.92 Å². The van der Waals surface area contributed by atoms with Crippen LogP contribution in [0.3, 0.4) is 0 Å². The topological polar surface area (TPSA) is 51.2 Å². The van der Waals surface area contributed by atoms with Crippen LogP contribution in [0.2, 0.25) is 5.02 Å². The number of carbonyl (C=O) groups is 1. The molecule has 112 valence electrons. The Hall–Kier alpha value is -2.59. The van der Waals surface area contributed by atoms with E-state index in [1.807, 2.05) is 13.0 Å². The molecule has 2 aromatic rings. The van der Waals surface area contributed by atoms with E-state index in [9.17, 15) is 4.79 Å². The van der Waals surface area contributed by atoms with Crippen LogP contribution in [0, 0.1) is 0 Å². The first kappa shape index (κ1) is 15.8. The molecular weight excluding hydrogens is 300 g/mol. The van der Waals surface area contributed by atoms with Crippen molar-refractivity contribution in [3.8, 4) is 11.6 Å². The van der Waals surface area contributed by atoms with E-state index in [4.69, 9.17) is 16.3 Å². The zero-order valence-corrected chi connectivity index (χ0v) is 12.7. The number of hydrogen-bond acceptors (Lipinski definition) is 3. The lowest BCUT2D eigenvalue weighted by Gasteiger charge is -2.06. The molecule has 0 unspecified atom stereocenters. The molecule has 5 heteroatoms. The second-order valence-electron chi connectivity index (χ2n) is 4.32. The summed E-state index contributed by atoms with van der Waals surface area (Å²) in [6, 6.07) is 10.4. The third-order valence-corrected chi connectivity index (χ3v) is 2.84. The number of benzene rings is 1. The maximum absolute atomic E-state index is 11.6. The van der Waals surface area contributed by atoms with Crippen LogP contribution in [-0.4, -0.2) is 10.9 Å². The second kappa shape index (κ2) is 8.00. The predicted octanol–water partition coefficient (Wildman–Crippen LogP) is 4.60. The van der Waals surface area contributed by atoms with Crippen LogP contribution in [0.4, 0.5) is 5.69 Å². The highest BCUT2D eigenvalue weighted by Gasteiger charge is 2.01. The van der Waals surface area contributed by atoms with Gasteiger partial charge in [0.25, 0.3) is 0 Å². The van der Waals surface area contributed by atoms with E-state index in [2.05, 4.69) is 10.3 Å². The minimum atomic E-state index is -0.216. The number of pyridine rings is 1. The first-order chi connectivity index (χ1) is 10.7. The van der Waals surface area contributed by atoms with Gasteiger partial charge in [-0.1, -0.05) is 29.8 Å². The van der Waals surface area contributed by atoms with E-state index in [-0.39, 0.29) is 5.91 Å². The monoisotopic (exact) mass is 314 g/mol. The fourth-order valence-electron chi connectivity index (χ4n) is 1.58. The smallest absolute Gasteiger partial charge is 0.248 e. The van der Waals surface area contributed by atoms with Crippen molar-refractivity contribution in [2.45, 2.75) is 6.92 Å². The van der Waals surface area contributed by atoms with Crippen molar-refractivity contribution in [3.05, 3.63) is 71.9 Å². The van der Waals surface area contributed by atoms with Gasteiger partial charge in [0.1, 0.15) is 5.75 Å². The van der Waals surface area contributed by atoms with Gasteiger partial charge in [0, 0.05) is 17.2 Å². The van der Waals surface area contributed by atoms with Crippen molar-refractivity contribution in [1.82, 2.24) is 4.98 Å². The normalized spacial score (nSPS) is 11.0. The highest BCUT2D eigenvalue weighted by atomic mass is 35.5. The van der Waals surface area contributed by atoms with Gasteiger partial charge in [-0.2, -0.15) is 0 Å². The number of ether oxygens (including phenoxy) is 1. The maximum atomic E-state index is 11.6. The lowest BCUT2D eigenvalue weighted by atomic mass is 10.3. The number of carbonyl (C=O) groups excluding carboxylic acids is 1. The highest BCUT2D eigenvalue weighted by Crippen LogP contribution is 2.22. The Morgan fingerprint density at radius 2 is 1.95 bits per heavy atom. The van der Waals surface area contributed by atoms with Gasteiger partial charge in [-0.25, -0.2) is 4.98 Å². The fourth-order valence-corrected chi connectivity index (χ4v) is 1.70. The average Bonchev–Trinajstić information content (AvgIpc) is 2.52. The van der Waals surface area contributed by atoms with Crippen LogP contribution >= 0.6 is 11.6 Å². The third-order valence-electron chi connectivity index (χ3n) is 2.59. The van der Waals surface area contributed by atoms with E-state index in [1.165, 1.54) is 12.3 Å². The van der Waals surface area contributed by atoms with Gasteiger partial charge in [0.05, 0.1) is 11.9 Å². The van der Waals surface area contributed by atoms with Crippen LogP contribution in [0.25, 0.3) is 0 Å². The van der Waals surface area contributed by atoms with E-state index in [0.29, 0.717) is 22.3 Å². The lowest BCUT2D eigenvalue weighted by Crippen LogP contribution is -2.07. The van der Waals surface area contributed by atoms with Gasteiger partial charge < -0.3 is 10.1 Å². The predicted molar refractivity (Wildman–Crippen MR) is 88.3 cm³/mol. The van der Waals surface area contributed by atoms with E-state index in [0.717, 1.165) is 0 Å². The molecule has 4 nitrogen and oxygen atoms in total. The molecule has 0 atom stereocenters. The van der Waals surface area contributed by atoms with E-state index in [1.54, 1.807) is 48.6 Å². The minimum absolute atomic E-state index is 0.216. The zero-order valence-electron chi connectivity index (χ0n) is 12.0. The molecule has 0 saturated carbocycles. The van der Waals surface area contributed by atoms with Crippen LogP contribution in [0.5, 0.6) is 11.6 Å².